The molecule has 1 fully saturated rings. The van der Waals surface area contributed by atoms with Gasteiger partial charge in [-0.25, -0.2) is 14.4 Å². The van der Waals surface area contributed by atoms with E-state index in [0.29, 0.717) is 59.2 Å². The van der Waals surface area contributed by atoms with Gasteiger partial charge in [0.2, 0.25) is 5.91 Å². The van der Waals surface area contributed by atoms with Crippen molar-refractivity contribution >= 4 is 34.0 Å². The molecule has 1 unspecified atom stereocenters. The number of carbonyl (C=O) groups is 1. The number of nitrogens with one attached hydrogen (secondary N) is 2. The standard InChI is InChI=1S/C28H30FN5O3/c1-4-19-12-20(29)14-21(13-19)32-28-23-15-25(33-27(35)8-7-10-34(5-2)6-3)26(16-24(23)30-18-31-28)37-22-9-11-36-17-22/h1,7-8,12-16,18,22H,5-6,9-11,17H2,2-3H3,(H,33,35)(H,30,31,32). The minimum absolute atomic E-state index is 0.125. The molecule has 0 saturated carbocycles. The molecule has 1 saturated heterocycles. The average Bonchev–Trinajstić information content (AvgIpc) is 3.40. The van der Waals surface area contributed by atoms with Crippen molar-refractivity contribution in [2.24, 2.45) is 0 Å². The highest BCUT2D eigenvalue weighted by atomic mass is 19.1. The summed E-state index contributed by atoms with van der Waals surface area (Å²) < 4.78 is 25.6. The molecule has 1 aromatic heterocycles. The first kappa shape index (κ1) is 26.1. The molecule has 2 heterocycles. The molecule has 2 aromatic carbocycles. The number of aromatic nitrogens is 2. The molecular weight excluding hydrogens is 473 g/mol. The van der Waals surface area contributed by atoms with Crippen molar-refractivity contribution in [1.29, 1.82) is 0 Å². The quantitative estimate of drug-likeness (QED) is 0.311. The zero-order valence-electron chi connectivity index (χ0n) is 21.0. The second kappa shape index (κ2) is 12.3. The Kier molecular flexibility index (Phi) is 8.67. The molecule has 1 aliphatic heterocycles. The lowest BCUT2D eigenvalue weighted by molar-refractivity contribution is -0.111. The third-order valence-electron chi connectivity index (χ3n) is 6.03. The molecule has 8 nitrogen and oxygen atoms in total. The van der Waals surface area contributed by atoms with Gasteiger partial charge in [-0.15, -0.1) is 6.42 Å². The summed E-state index contributed by atoms with van der Waals surface area (Å²) >= 11 is 0. The predicted octanol–water partition coefficient (Wildman–Crippen LogP) is 4.50. The molecule has 4 rings (SSSR count). The van der Waals surface area contributed by atoms with Crippen LogP contribution in [0.1, 0.15) is 25.8 Å². The number of amides is 1. The van der Waals surface area contributed by atoms with Gasteiger partial charge >= 0.3 is 0 Å². The smallest absolute Gasteiger partial charge is 0.248 e. The third-order valence-corrected chi connectivity index (χ3v) is 6.03. The van der Waals surface area contributed by atoms with Crippen molar-refractivity contribution in [1.82, 2.24) is 14.9 Å². The van der Waals surface area contributed by atoms with Crippen molar-refractivity contribution in [3.05, 3.63) is 60.2 Å². The fourth-order valence-corrected chi connectivity index (χ4v) is 4.01. The molecule has 9 heteroatoms. The first-order valence-corrected chi connectivity index (χ1v) is 12.3. The molecule has 0 aliphatic carbocycles. The van der Waals surface area contributed by atoms with E-state index in [0.717, 1.165) is 19.5 Å². The Labute approximate surface area is 215 Å². The number of likely N-dealkylation sites (N-methyl/N-ethyl adjacent to an activating group) is 1. The number of fused-ring (bicyclic) bond motifs is 1. The number of rotatable bonds is 10. The molecule has 0 bridgehead atoms. The number of nitrogens with zero attached hydrogens (tertiary/aromatic N) is 3. The van der Waals surface area contributed by atoms with Gasteiger partial charge in [-0.3, -0.25) is 4.79 Å². The first-order valence-electron chi connectivity index (χ1n) is 12.3. The SMILES string of the molecule is C#Cc1cc(F)cc(Nc2ncnc3cc(OC4CCOC4)c(NC(=O)C=CCN(CC)CC)cc23)c1. The van der Waals surface area contributed by atoms with Gasteiger partial charge in [-0.2, -0.15) is 0 Å². The van der Waals surface area contributed by atoms with Crippen LogP contribution in [-0.4, -0.2) is 59.7 Å². The summed E-state index contributed by atoms with van der Waals surface area (Å²) in [5.74, 6) is 2.61. The second-order valence-electron chi connectivity index (χ2n) is 8.57. The van der Waals surface area contributed by atoms with E-state index >= 15 is 0 Å². The van der Waals surface area contributed by atoms with Crippen LogP contribution in [0.25, 0.3) is 10.9 Å². The maximum atomic E-state index is 14.0. The highest BCUT2D eigenvalue weighted by molar-refractivity contribution is 6.03. The maximum absolute atomic E-state index is 14.0. The Morgan fingerprint density at radius 1 is 1.27 bits per heavy atom. The monoisotopic (exact) mass is 503 g/mol. The van der Waals surface area contributed by atoms with Crippen molar-refractivity contribution in [2.45, 2.75) is 26.4 Å². The number of benzene rings is 2. The van der Waals surface area contributed by atoms with E-state index < -0.39 is 5.82 Å². The van der Waals surface area contributed by atoms with Gasteiger partial charge < -0.3 is 25.0 Å². The summed E-state index contributed by atoms with van der Waals surface area (Å²) in [6.07, 6.45) is 10.8. The number of terminal acetylenes is 1. The van der Waals surface area contributed by atoms with Gasteiger partial charge in [-0.05, 0) is 37.4 Å². The van der Waals surface area contributed by atoms with E-state index in [2.05, 4.69) is 45.3 Å². The Bertz CT molecular complexity index is 1330. The van der Waals surface area contributed by atoms with Crippen LogP contribution in [0.5, 0.6) is 5.75 Å². The van der Waals surface area contributed by atoms with Gasteiger partial charge in [0.15, 0.2) is 0 Å². The lowest BCUT2D eigenvalue weighted by Crippen LogP contribution is -2.23. The molecule has 2 N–H and O–H groups in total. The zero-order chi connectivity index (χ0) is 26.2. The highest BCUT2D eigenvalue weighted by Crippen LogP contribution is 2.34. The molecular formula is C28H30FN5O3. The van der Waals surface area contributed by atoms with E-state index in [9.17, 15) is 9.18 Å². The van der Waals surface area contributed by atoms with Gasteiger partial charge in [0.1, 0.15) is 29.8 Å². The van der Waals surface area contributed by atoms with Crippen LogP contribution in [0.2, 0.25) is 0 Å². The van der Waals surface area contributed by atoms with Crippen molar-refractivity contribution in [3.63, 3.8) is 0 Å². The van der Waals surface area contributed by atoms with E-state index in [1.54, 1.807) is 18.2 Å². The van der Waals surface area contributed by atoms with Crippen LogP contribution in [0.15, 0.2) is 48.8 Å². The van der Waals surface area contributed by atoms with Crippen LogP contribution >= 0.6 is 0 Å². The van der Waals surface area contributed by atoms with Crippen molar-refractivity contribution in [3.8, 4) is 18.1 Å². The molecule has 0 spiro atoms. The lowest BCUT2D eigenvalue weighted by Gasteiger charge is -2.18. The van der Waals surface area contributed by atoms with Crippen LogP contribution in [0.3, 0.4) is 0 Å². The number of halogens is 1. The first-order chi connectivity index (χ1) is 18.0. The summed E-state index contributed by atoms with van der Waals surface area (Å²) in [5.41, 5.74) is 1.91. The minimum Gasteiger partial charge on any atom is -0.486 e. The number of hydrogen-bond donors (Lipinski definition) is 2. The topological polar surface area (TPSA) is 88.6 Å². The Morgan fingerprint density at radius 3 is 2.84 bits per heavy atom. The lowest BCUT2D eigenvalue weighted by atomic mass is 10.1. The van der Waals surface area contributed by atoms with Crippen molar-refractivity contribution < 1.29 is 18.7 Å². The fourth-order valence-electron chi connectivity index (χ4n) is 4.01. The number of anilines is 3. The summed E-state index contributed by atoms with van der Waals surface area (Å²) in [5, 5.41) is 6.66. The van der Waals surface area contributed by atoms with E-state index in [4.69, 9.17) is 15.9 Å². The Hall–Kier alpha value is -4.00. The van der Waals surface area contributed by atoms with Gasteiger partial charge in [-0.1, -0.05) is 25.8 Å². The van der Waals surface area contributed by atoms with Crippen LogP contribution in [-0.2, 0) is 9.53 Å². The maximum Gasteiger partial charge on any atom is 0.248 e. The van der Waals surface area contributed by atoms with Crippen LogP contribution in [0, 0.1) is 18.2 Å². The molecule has 0 radical (unpaired) electrons. The van der Waals surface area contributed by atoms with Gasteiger partial charge in [0, 0.05) is 41.7 Å². The number of carbonyl (C=O) groups excluding carboxylic acids is 1. The summed E-state index contributed by atoms with van der Waals surface area (Å²) in [6.45, 7) is 7.73. The second-order valence-corrected chi connectivity index (χ2v) is 8.57. The normalized spacial score (nSPS) is 15.3. The molecule has 1 amide bonds. The molecule has 192 valence electrons. The predicted molar refractivity (Wildman–Crippen MR) is 143 cm³/mol. The number of hydrogen-bond acceptors (Lipinski definition) is 7. The Morgan fingerprint density at radius 2 is 2.11 bits per heavy atom. The summed E-state index contributed by atoms with van der Waals surface area (Å²) in [4.78, 5) is 23.7. The van der Waals surface area contributed by atoms with E-state index in [-0.39, 0.29) is 12.0 Å². The fraction of sp³-hybridized carbons (Fsp3) is 0.321. The summed E-state index contributed by atoms with van der Waals surface area (Å²) in [6, 6.07) is 7.77. The van der Waals surface area contributed by atoms with E-state index in [1.165, 1.54) is 24.5 Å². The van der Waals surface area contributed by atoms with Crippen LogP contribution in [0.4, 0.5) is 21.6 Å². The van der Waals surface area contributed by atoms with Gasteiger partial charge in [0.05, 0.1) is 24.4 Å². The number of ether oxygens (including phenoxy) is 2. The minimum atomic E-state index is -0.463. The van der Waals surface area contributed by atoms with Gasteiger partial charge in [0.25, 0.3) is 0 Å². The largest absolute Gasteiger partial charge is 0.486 e. The zero-order valence-corrected chi connectivity index (χ0v) is 21.0. The Balaban J connectivity index is 1.66. The molecule has 1 aliphatic rings. The molecule has 1 atom stereocenters. The third kappa shape index (κ3) is 6.82. The summed E-state index contributed by atoms with van der Waals surface area (Å²) in [7, 11) is 0. The van der Waals surface area contributed by atoms with Crippen molar-refractivity contribution in [2.75, 3.05) is 43.5 Å². The average molecular weight is 504 g/mol. The van der Waals surface area contributed by atoms with Crippen LogP contribution < -0.4 is 15.4 Å². The molecule has 37 heavy (non-hydrogen) atoms. The van der Waals surface area contributed by atoms with E-state index in [1.807, 2.05) is 6.08 Å². The molecule has 3 aromatic rings. The highest BCUT2D eigenvalue weighted by Gasteiger charge is 2.21.